The van der Waals surface area contributed by atoms with Gasteiger partial charge >= 0.3 is 0 Å². The number of nitrogens with zero attached hydrogens (tertiary/aromatic N) is 1. The van der Waals surface area contributed by atoms with E-state index in [1.165, 1.54) is 0 Å². The lowest BCUT2D eigenvalue weighted by atomic mass is 10.0. The van der Waals surface area contributed by atoms with Crippen LogP contribution in [0.15, 0.2) is 4.99 Å². The molecule has 1 saturated carbocycles. The molecule has 0 aromatic heterocycles. The third-order valence-electron chi connectivity index (χ3n) is 4.22. The monoisotopic (exact) mass is 226 g/mol. The van der Waals surface area contributed by atoms with E-state index in [-0.39, 0.29) is 0 Å². The molecule has 16 heavy (non-hydrogen) atoms. The molecule has 0 saturated heterocycles. The summed E-state index contributed by atoms with van der Waals surface area (Å²) in [5.41, 5.74) is 3.25. The van der Waals surface area contributed by atoms with Crippen molar-refractivity contribution in [2.45, 2.75) is 53.5 Å². The first-order valence-electron chi connectivity index (χ1n) is 6.15. The molecule has 1 fully saturated rings. The smallest absolute Gasteiger partial charge is 0.205 e. The number of nitrogens with one attached hydrogen (secondary N) is 2. The van der Waals surface area contributed by atoms with Gasteiger partial charge in [-0.05, 0) is 17.3 Å². The van der Waals surface area contributed by atoms with Crippen molar-refractivity contribution in [2.24, 2.45) is 21.7 Å². The van der Waals surface area contributed by atoms with E-state index in [1.807, 2.05) is 0 Å². The molecule has 4 N–H and O–H groups in total. The number of aliphatic imine (C=N–C) groups is 1. The van der Waals surface area contributed by atoms with Crippen LogP contribution in [0.3, 0.4) is 0 Å². The fourth-order valence-corrected chi connectivity index (χ4v) is 2.18. The fraction of sp³-hybridized carbons (Fsp3) is 0.917. The van der Waals surface area contributed by atoms with Crippen molar-refractivity contribution in [3.8, 4) is 0 Å². The topological polar surface area (TPSA) is 62.4 Å². The average molecular weight is 226 g/mol. The van der Waals surface area contributed by atoms with Crippen molar-refractivity contribution in [1.29, 1.82) is 0 Å². The molecule has 0 heterocycles. The van der Waals surface area contributed by atoms with E-state index in [0.717, 1.165) is 25.3 Å². The maximum absolute atomic E-state index is 5.46. The van der Waals surface area contributed by atoms with E-state index in [4.69, 9.17) is 5.84 Å². The highest BCUT2D eigenvalue weighted by Crippen LogP contribution is 2.62. The van der Waals surface area contributed by atoms with E-state index in [9.17, 15) is 0 Å². The average Bonchev–Trinajstić information content (AvgIpc) is 2.59. The molecule has 4 heteroatoms. The number of hydrazine groups is 1. The molecule has 0 aromatic carbocycles. The zero-order chi connectivity index (χ0) is 12.4. The molecule has 1 rings (SSSR count). The zero-order valence-corrected chi connectivity index (χ0v) is 11.2. The van der Waals surface area contributed by atoms with Gasteiger partial charge in [0.15, 0.2) is 0 Å². The van der Waals surface area contributed by atoms with E-state index in [1.54, 1.807) is 0 Å². The van der Waals surface area contributed by atoms with Gasteiger partial charge in [-0.15, -0.1) is 0 Å². The highest BCUT2D eigenvalue weighted by atomic mass is 15.3. The van der Waals surface area contributed by atoms with Crippen LogP contribution in [0, 0.1) is 10.8 Å². The van der Waals surface area contributed by atoms with Crippen LogP contribution in [0.5, 0.6) is 0 Å². The lowest BCUT2D eigenvalue weighted by Crippen LogP contribution is -2.44. The van der Waals surface area contributed by atoms with Gasteiger partial charge in [0.25, 0.3) is 0 Å². The molecule has 0 amide bonds. The maximum atomic E-state index is 5.46. The minimum atomic E-state index is 0.301. The van der Waals surface area contributed by atoms with Gasteiger partial charge in [0, 0.05) is 12.6 Å². The zero-order valence-electron chi connectivity index (χ0n) is 11.2. The summed E-state index contributed by atoms with van der Waals surface area (Å²) >= 11 is 0. The van der Waals surface area contributed by atoms with E-state index in [0.29, 0.717) is 16.9 Å². The van der Waals surface area contributed by atoms with Crippen molar-refractivity contribution in [3.63, 3.8) is 0 Å². The van der Waals surface area contributed by atoms with Gasteiger partial charge in [-0.25, -0.2) is 5.84 Å². The first-order chi connectivity index (χ1) is 7.37. The van der Waals surface area contributed by atoms with Gasteiger partial charge < -0.3 is 5.32 Å². The molecule has 0 aromatic rings. The van der Waals surface area contributed by atoms with Gasteiger partial charge in [-0.1, -0.05) is 41.0 Å². The molecule has 0 spiro atoms. The molecule has 0 atom stereocenters. The standard InChI is InChI=1S/C12H26N4/c1-6-7-8-14-10(16-13)15-9-11(2,3)12(9,4)5/h9H,6-8,13H2,1-5H3,(H2,14,15,16). The Kier molecular flexibility index (Phi) is 3.84. The number of guanidine groups is 1. The van der Waals surface area contributed by atoms with Crippen molar-refractivity contribution in [2.75, 3.05) is 6.54 Å². The van der Waals surface area contributed by atoms with Gasteiger partial charge in [0.05, 0.1) is 0 Å². The van der Waals surface area contributed by atoms with Crippen LogP contribution < -0.4 is 16.6 Å². The highest BCUT2D eigenvalue weighted by Gasteiger charge is 2.65. The second-order valence-electron chi connectivity index (χ2n) is 5.75. The molecule has 1 aliphatic rings. The molecule has 0 aliphatic heterocycles. The van der Waals surface area contributed by atoms with Gasteiger partial charge in [-0.3, -0.25) is 10.4 Å². The van der Waals surface area contributed by atoms with Gasteiger partial charge in [-0.2, -0.15) is 0 Å². The highest BCUT2D eigenvalue weighted by molar-refractivity contribution is 5.80. The maximum Gasteiger partial charge on any atom is 0.205 e. The predicted octanol–water partition coefficient (Wildman–Crippen LogP) is 1.63. The SMILES string of the molecule is CCCCN=C(NN)NC1C(C)(C)C1(C)C. The normalized spacial score (nSPS) is 23.0. The number of nitrogens with two attached hydrogens (primary N) is 1. The van der Waals surface area contributed by atoms with Crippen LogP contribution in [-0.2, 0) is 0 Å². The third-order valence-corrected chi connectivity index (χ3v) is 4.22. The first kappa shape index (κ1) is 13.3. The van der Waals surface area contributed by atoms with E-state index >= 15 is 0 Å². The van der Waals surface area contributed by atoms with Crippen LogP contribution >= 0.6 is 0 Å². The summed E-state index contributed by atoms with van der Waals surface area (Å²) in [6.07, 6.45) is 2.26. The number of rotatable bonds is 4. The van der Waals surface area contributed by atoms with Crippen molar-refractivity contribution in [3.05, 3.63) is 0 Å². The van der Waals surface area contributed by atoms with Gasteiger partial charge in [0.1, 0.15) is 0 Å². The molecule has 94 valence electrons. The Balaban J connectivity index is 2.50. The summed E-state index contributed by atoms with van der Waals surface area (Å²) < 4.78 is 0. The Hall–Kier alpha value is -0.770. The minimum absolute atomic E-state index is 0.301. The quantitative estimate of drug-likeness (QED) is 0.224. The largest absolute Gasteiger partial charge is 0.351 e. The Morgan fingerprint density at radius 2 is 1.81 bits per heavy atom. The Morgan fingerprint density at radius 3 is 2.19 bits per heavy atom. The molecule has 1 aliphatic carbocycles. The summed E-state index contributed by atoms with van der Waals surface area (Å²) in [7, 11) is 0. The van der Waals surface area contributed by atoms with Gasteiger partial charge in [0.2, 0.25) is 5.96 Å². The Bertz CT molecular complexity index is 254. The third kappa shape index (κ3) is 2.32. The number of unbranched alkanes of at least 4 members (excludes halogenated alkanes) is 1. The molecule has 4 nitrogen and oxygen atoms in total. The van der Waals surface area contributed by atoms with Crippen LogP contribution in [0.25, 0.3) is 0 Å². The molecular formula is C12H26N4. The van der Waals surface area contributed by atoms with Crippen molar-refractivity contribution >= 4 is 5.96 Å². The number of hydrogen-bond acceptors (Lipinski definition) is 2. The van der Waals surface area contributed by atoms with Crippen molar-refractivity contribution in [1.82, 2.24) is 10.7 Å². The fourth-order valence-electron chi connectivity index (χ4n) is 2.18. The van der Waals surface area contributed by atoms with E-state index < -0.39 is 0 Å². The van der Waals surface area contributed by atoms with Crippen LogP contribution in [0.1, 0.15) is 47.5 Å². The molecular weight excluding hydrogens is 200 g/mol. The lowest BCUT2D eigenvalue weighted by Gasteiger charge is -2.10. The molecule has 0 radical (unpaired) electrons. The summed E-state index contributed by atoms with van der Waals surface area (Å²) in [5.74, 6) is 6.18. The Labute approximate surface area is 99.1 Å². The second kappa shape index (κ2) is 4.62. The van der Waals surface area contributed by atoms with Crippen LogP contribution in [-0.4, -0.2) is 18.5 Å². The minimum Gasteiger partial charge on any atom is -0.351 e. The summed E-state index contributed by atoms with van der Waals surface area (Å²) in [6.45, 7) is 12.1. The predicted molar refractivity (Wildman–Crippen MR) is 69.0 cm³/mol. The van der Waals surface area contributed by atoms with E-state index in [2.05, 4.69) is 50.4 Å². The molecule has 0 bridgehead atoms. The summed E-state index contributed by atoms with van der Waals surface area (Å²) in [5, 5.41) is 3.39. The lowest BCUT2D eigenvalue weighted by molar-refractivity contribution is 0.457. The van der Waals surface area contributed by atoms with Crippen molar-refractivity contribution < 1.29 is 0 Å². The number of hydrogen-bond donors (Lipinski definition) is 3. The summed E-state index contributed by atoms with van der Waals surface area (Å²) in [6, 6.07) is 0.441. The van der Waals surface area contributed by atoms with Crippen LogP contribution in [0.4, 0.5) is 0 Å². The molecule has 0 unspecified atom stereocenters. The summed E-state index contributed by atoms with van der Waals surface area (Å²) in [4.78, 5) is 4.41. The second-order valence-corrected chi connectivity index (χ2v) is 5.75. The van der Waals surface area contributed by atoms with Crippen LogP contribution in [0.2, 0.25) is 0 Å². The first-order valence-corrected chi connectivity index (χ1v) is 6.15. The Morgan fingerprint density at radius 1 is 1.25 bits per heavy atom.